The second-order valence-electron chi connectivity index (χ2n) is 4.98. The normalized spacial score (nSPS) is 12.3. The lowest BCUT2D eigenvalue weighted by molar-refractivity contribution is 0.147. The molecular formula is C15H24N2O2. The maximum absolute atomic E-state index is 11.7. The van der Waals surface area contributed by atoms with Gasteiger partial charge in [-0.1, -0.05) is 39.0 Å². The van der Waals surface area contributed by atoms with Crippen molar-refractivity contribution in [2.24, 2.45) is 5.92 Å². The zero-order valence-electron chi connectivity index (χ0n) is 12.2. The van der Waals surface area contributed by atoms with Crippen LogP contribution in [-0.2, 0) is 4.74 Å². The topological polar surface area (TPSA) is 50.4 Å². The third-order valence-corrected chi connectivity index (χ3v) is 2.72. The van der Waals surface area contributed by atoms with E-state index in [0.717, 1.165) is 17.8 Å². The van der Waals surface area contributed by atoms with Crippen LogP contribution in [0.25, 0.3) is 0 Å². The molecule has 0 saturated carbocycles. The predicted molar refractivity (Wildman–Crippen MR) is 78.3 cm³/mol. The van der Waals surface area contributed by atoms with Crippen LogP contribution in [0, 0.1) is 5.92 Å². The molecule has 1 unspecified atom stereocenters. The summed E-state index contributed by atoms with van der Waals surface area (Å²) in [6.07, 6.45) is -0.398. The Morgan fingerprint density at radius 2 is 1.95 bits per heavy atom. The van der Waals surface area contributed by atoms with Gasteiger partial charge in [-0.25, -0.2) is 4.79 Å². The van der Waals surface area contributed by atoms with E-state index >= 15 is 0 Å². The molecular weight excluding hydrogens is 240 g/mol. The van der Waals surface area contributed by atoms with E-state index in [2.05, 4.69) is 24.5 Å². The van der Waals surface area contributed by atoms with Gasteiger partial charge >= 0.3 is 6.09 Å². The molecule has 0 aliphatic carbocycles. The number of rotatable bonds is 6. The largest absolute Gasteiger partial charge is 0.449 e. The average molecular weight is 264 g/mol. The fourth-order valence-electron chi connectivity index (χ4n) is 1.79. The number of anilines is 1. The van der Waals surface area contributed by atoms with Crippen LogP contribution in [0.3, 0.4) is 0 Å². The number of benzene rings is 1. The molecule has 1 amide bonds. The first-order valence-electron chi connectivity index (χ1n) is 6.80. The molecule has 0 fully saturated rings. The molecule has 4 heteroatoms. The van der Waals surface area contributed by atoms with Gasteiger partial charge in [-0.15, -0.1) is 0 Å². The van der Waals surface area contributed by atoms with E-state index in [1.165, 1.54) is 0 Å². The van der Waals surface area contributed by atoms with E-state index in [9.17, 15) is 4.79 Å². The number of amides is 1. The highest BCUT2D eigenvalue weighted by Crippen LogP contribution is 2.22. The first-order valence-corrected chi connectivity index (χ1v) is 6.80. The molecule has 0 spiro atoms. The van der Waals surface area contributed by atoms with Crippen LogP contribution < -0.4 is 10.6 Å². The Morgan fingerprint density at radius 1 is 1.26 bits per heavy atom. The van der Waals surface area contributed by atoms with Gasteiger partial charge in [0.25, 0.3) is 0 Å². The van der Waals surface area contributed by atoms with Crippen LogP contribution in [0.4, 0.5) is 10.5 Å². The number of hydrogen-bond acceptors (Lipinski definition) is 3. The summed E-state index contributed by atoms with van der Waals surface area (Å²) in [6.45, 7) is 9.46. The molecule has 0 heterocycles. The third-order valence-electron chi connectivity index (χ3n) is 2.72. The van der Waals surface area contributed by atoms with Crippen molar-refractivity contribution in [3.8, 4) is 0 Å². The van der Waals surface area contributed by atoms with Crippen LogP contribution in [0.15, 0.2) is 24.3 Å². The van der Waals surface area contributed by atoms with Crippen LogP contribution in [0.5, 0.6) is 0 Å². The van der Waals surface area contributed by atoms with Crippen molar-refractivity contribution < 1.29 is 9.53 Å². The van der Waals surface area contributed by atoms with Crippen LogP contribution in [0.1, 0.15) is 39.3 Å². The van der Waals surface area contributed by atoms with Gasteiger partial charge < -0.3 is 10.1 Å². The van der Waals surface area contributed by atoms with Crippen LogP contribution in [0.2, 0.25) is 0 Å². The zero-order valence-corrected chi connectivity index (χ0v) is 12.2. The summed E-state index contributed by atoms with van der Waals surface area (Å²) in [7, 11) is 0. The highest BCUT2D eigenvalue weighted by atomic mass is 16.5. The summed E-state index contributed by atoms with van der Waals surface area (Å²) in [5, 5.41) is 6.14. The fourth-order valence-corrected chi connectivity index (χ4v) is 1.79. The molecule has 0 bridgehead atoms. The first kappa shape index (κ1) is 15.5. The number of carbonyl (C=O) groups is 1. The minimum absolute atomic E-state index is 0.187. The summed E-state index contributed by atoms with van der Waals surface area (Å²) in [6, 6.07) is 7.95. The molecule has 0 aliphatic heterocycles. The Morgan fingerprint density at radius 3 is 2.58 bits per heavy atom. The Bertz CT molecular complexity index is 405. The smallest absolute Gasteiger partial charge is 0.411 e. The second-order valence-corrected chi connectivity index (χ2v) is 4.98. The predicted octanol–water partition coefficient (Wildman–Crippen LogP) is 3.56. The Balaban J connectivity index is 2.69. The van der Waals surface area contributed by atoms with E-state index in [1.54, 1.807) is 0 Å². The molecule has 0 aliphatic rings. The lowest BCUT2D eigenvalue weighted by atomic mass is 10.1. The lowest BCUT2D eigenvalue weighted by Gasteiger charge is -2.17. The maximum Gasteiger partial charge on any atom is 0.411 e. The van der Waals surface area contributed by atoms with Gasteiger partial charge in [-0.3, -0.25) is 5.32 Å². The van der Waals surface area contributed by atoms with Gasteiger partial charge in [0.05, 0.1) is 6.61 Å². The van der Waals surface area contributed by atoms with E-state index in [-0.39, 0.29) is 6.04 Å². The van der Waals surface area contributed by atoms with E-state index in [1.807, 2.05) is 38.1 Å². The molecule has 106 valence electrons. The highest BCUT2D eigenvalue weighted by molar-refractivity contribution is 5.85. The van der Waals surface area contributed by atoms with Crippen molar-refractivity contribution in [3.63, 3.8) is 0 Å². The Labute approximate surface area is 115 Å². The molecule has 1 atom stereocenters. The van der Waals surface area contributed by atoms with Gasteiger partial charge in [0.2, 0.25) is 0 Å². The number of ether oxygens (including phenoxy) is 1. The third kappa shape index (κ3) is 5.30. The molecule has 0 aromatic heterocycles. The van der Waals surface area contributed by atoms with E-state index in [0.29, 0.717) is 12.5 Å². The minimum Gasteiger partial charge on any atom is -0.449 e. The van der Waals surface area contributed by atoms with Crippen LogP contribution in [-0.4, -0.2) is 19.2 Å². The van der Waals surface area contributed by atoms with Crippen molar-refractivity contribution in [2.75, 3.05) is 18.5 Å². The second kappa shape index (κ2) is 7.79. The zero-order chi connectivity index (χ0) is 14.3. The van der Waals surface area contributed by atoms with Gasteiger partial charge in [-0.2, -0.15) is 0 Å². The summed E-state index contributed by atoms with van der Waals surface area (Å²) >= 11 is 0. The molecule has 1 aromatic rings. The molecule has 0 radical (unpaired) electrons. The standard InChI is InChI=1S/C15H24N2O2/c1-5-16-12(4)13-8-6-7-9-14(13)17-15(18)19-10-11(2)3/h6-9,11-12,16H,5,10H2,1-4H3,(H,17,18). The van der Waals surface area contributed by atoms with E-state index < -0.39 is 6.09 Å². The number of carbonyl (C=O) groups excluding carboxylic acids is 1. The monoisotopic (exact) mass is 264 g/mol. The lowest BCUT2D eigenvalue weighted by Crippen LogP contribution is -2.21. The van der Waals surface area contributed by atoms with Crippen LogP contribution >= 0.6 is 0 Å². The quantitative estimate of drug-likeness (QED) is 0.826. The van der Waals surface area contributed by atoms with Crippen molar-refractivity contribution >= 4 is 11.8 Å². The van der Waals surface area contributed by atoms with Gasteiger partial charge in [0.15, 0.2) is 0 Å². The van der Waals surface area contributed by atoms with Crippen molar-refractivity contribution in [2.45, 2.75) is 33.7 Å². The molecule has 2 N–H and O–H groups in total. The van der Waals surface area contributed by atoms with Crippen molar-refractivity contribution in [1.29, 1.82) is 0 Å². The summed E-state index contributed by atoms with van der Waals surface area (Å²) in [5.74, 6) is 0.335. The number of hydrogen-bond donors (Lipinski definition) is 2. The SMILES string of the molecule is CCNC(C)c1ccccc1NC(=O)OCC(C)C. The molecule has 19 heavy (non-hydrogen) atoms. The molecule has 0 saturated heterocycles. The Hall–Kier alpha value is -1.55. The average Bonchev–Trinajstić information content (AvgIpc) is 2.37. The number of para-hydroxylation sites is 1. The molecule has 1 aromatic carbocycles. The summed E-state index contributed by atoms with van der Waals surface area (Å²) in [4.78, 5) is 11.7. The maximum atomic E-state index is 11.7. The van der Waals surface area contributed by atoms with Crippen molar-refractivity contribution in [3.05, 3.63) is 29.8 Å². The molecule has 1 rings (SSSR count). The highest BCUT2D eigenvalue weighted by Gasteiger charge is 2.12. The molecule has 4 nitrogen and oxygen atoms in total. The van der Waals surface area contributed by atoms with Gasteiger partial charge in [-0.05, 0) is 31.0 Å². The van der Waals surface area contributed by atoms with Crippen molar-refractivity contribution in [1.82, 2.24) is 5.32 Å². The first-order chi connectivity index (χ1) is 9.04. The van der Waals surface area contributed by atoms with Gasteiger partial charge in [0, 0.05) is 11.7 Å². The fraction of sp³-hybridized carbons (Fsp3) is 0.533. The number of nitrogens with one attached hydrogen (secondary N) is 2. The van der Waals surface area contributed by atoms with E-state index in [4.69, 9.17) is 4.74 Å². The summed E-state index contributed by atoms with van der Waals surface area (Å²) in [5.41, 5.74) is 1.86. The Kier molecular flexibility index (Phi) is 6.36. The van der Waals surface area contributed by atoms with Gasteiger partial charge in [0.1, 0.15) is 0 Å². The summed E-state index contributed by atoms with van der Waals surface area (Å²) < 4.78 is 5.13. The minimum atomic E-state index is -0.398.